The molecule has 10 heteroatoms. The van der Waals surface area contributed by atoms with E-state index in [2.05, 4.69) is 25.7 Å². The minimum Gasteiger partial charge on any atom is -0.461 e. The van der Waals surface area contributed by atoms with Crippen LogP contribution in [0.25, 0.3) is 0 Å². The molecule has 1 fully saturated rings. The van der Waals surface area contributed by atoms with Gasteiger partial charge in [-0.2, -0.15) is 15.0 Å². The summed E-state index contributed by atoms with van der Waals surface area (Å²) in [6.45, 7) is 5.51. The lowest BCUT2D eigenvalue weighted by Crippen LogP contribution is -2.37. The van der Waals surface area contributed by atoms with Gasteiger partial charge < -0.3 is 10.1 Å². The van der Waals surface area contributed by atoms with E-state index >= 15 is 0 Å². The molecule has 2 heterocycles. The molecule has 0 bridgehead atoms. The van der Waals surface area contributed by atoms with Crippen LogP contribution >= 0.6 is 0 Å². The minimum atomic E-state index is -3.02. The fraction of sp³-hybridized carbons (Fsp3) is 0.727. The molecule has 0 amide bonds. The minimum absolute atomic E-state index is 0.0391. The van der Waals surface area contributed by atoms with Crippen LogP contribution < -0.4 is 21.3 Å². The molecular weight excluding hydrogens is 296 g/mol. The summed E-state index contributed by atoms with van der Waals surface area (Å²) in [7, 11) is -3.02. The number of hydrazine groups is 1. The van der Waals surface area contributed by atoms with Crippen LogP contribution in [-0.2, 0) is 9.84 Å². The average molecular weight is 316 g/mol. The highest BCUT2D eigenvalue weighted by Gasteiger charge is 2.39. The molecule has 1 aromatic rings. The van der Waals surface area contributed by atoms with Gasteiger partial charge in [0.15, 0.2) is 9.84 Å². The summed E-state index contributed by atoms with van der Waals surface area (Å²) < 4.78 is 28.7. The van der Waals surface area contributed by atoms with Crippen molar-refractivity contribution < 1.29 is 13.2 Å². The van der Waals surface area contributed by atoms with Gasteiger partial charge in [0.25, 0.3) is 0 Å². The van der Waals surface area contributed by atoms with Gasteiger partial charge in [-0.1, -0.05) is 0 Å². The van der Waals surface area contributed by atoms with Gasteiger partial charge >= 0.3 is 6.01 Å². The van der Waals surface area contributed by atoms with Crippen LogP contribution in [0, 0.1) is 0 Å². The van der Waals surface area contributed by atoms with E-state index in [9.17, 15) is 8.42 Å². The molecular formula is C11H20N6O3S. The predicted molar refractivity (Wildman–Crippen MR) is 78.7 cm³/mol. The summed E-state index contributed by atoms with van der Waals surface area (Å²) >= 11 is 0. The maximum atomic E-state index is 11.6. The fourth-order valence-electron chi connectivity index (χ4n) is 2.12. The molecule has 0 aromatic carbocycles. The summed E-state index contributed by atoms with van der Waals surface area (Å²) in [4.78, 5) is 12.2. The SMILES string of the molecule is CC(C)Oc1nc(NN)nc(NC2(C)CCS(=O)(=O)C2)n1. The van der Waals surface area contributed by atoms with E-state index in [-0.39, 0.29) is 35.5 Å². The van der Waals surface area contributed by atoms with Gasteiger partial charge in [0.05, 0.1) is 23.1 Å². The molecule has 1 saturated heterocycles. The summed E-state index contributed by atoms with van der Waals surface area (Å²) in [5.41, 5.74) is 1.72. The van der Waals surface area contributed by atoms with Crippen molar-refractivity contribution in [2.75, 3.05) is 22.2 Å². The maximum Gasteiger partial charge on any atom is 0.323 e. The van der Waals surface area contributed by atoms with E-state index in [1.807, 2.05) is 20.8 Å². The number of nitrogens with one attached hydrogen (secondary N) is 2. The number of sulfone groups is 1. The molecule has 1 unspecified atom stereocenters. The Morgan fingerprint density at radius 2 is 1.95 bits per heavy atom. The first-order valence-electron chi connectivity index (χ1n) is 6.59. The molecule has 1 aromatic heterocycles. The monoisotopic (exact) mass is 316 g/mol. The molecule has 9 nitrogen and oxygen atoms in total. The third kappa shape index (κ3) is 4.14. The molecule has 0 radical (unpaired) electrons. The molecule has 0 aliphatic carbocycles. The smallest absolute Gasteiger partial charge is 0.323 e. The number of hydrogen-bond acceptors (Lipinski definition) is 9. The van der Waals surface area contributed by atoms with Crippen LogP contribution in [0.2, 0.25) is 0 Å². The van der Waals surface area contributed by atoms with Crippen LogP contribution in [0.5, 0.6) is 6.01 Å². The maximum absolute atomic E-state index is 11.6. The lowest BCUT2D eigenvalue weighted by atomic mass is 10.0. The Bertz CT molecular complexity index is 620. The van der Waals surface area contributed by atoms with E-state index in [0.29, 0.717) is 6.42 Å². The Labute approximate surface area is 123 Å². The number of nitrogens with two attached hydrogens (primary N) is 1. The van der Waals surface area contributed by atoms with Crippen LogP contribution in [0.15, 0.2) is 0 Å². The highest BCUT2D eigenvalue weighted by Crippen LogP contribution is 2.26. The first kappa shape index (κ1) is 15.7. The van der Waals surface area contributed by atoms with Crippen LogP contribution in [0.1, 0.15) is 27.2 Å². The van der Waals surface area contributed by atoms with Gasteiger partial charge in [0.2, 0.25) is 11.9 Å². The third-order valence-electron chi connectivity index (χ3n) is 3.00. The highest BCUT2D eigenvalue weighted by molar-refractivity contribution is 7.91. The second-order valence-electron chi connectivity index (χ2n) is 5.60. The molecule has 1 atom stereocenters. The zero-order valence-electron chi connectivity index (χ0n) is 12.3. The summed E-state index contributed by atoms with van der Waals surface area (Å²) in [5.74, 6) is 5.89. The molecule has 0 saturated carbocycles. The van der Waals surface area contributed by atoms with Gasteiger partial charge in [0, 0.05) is 0 Å². The Balaban J connectivity index is 2.23. The van der Waals surface area contributed by atoms with Crippen molar-refractivity contribution in [3.05, 3.63) is 0 Å². The van der Waals surface area contributed by atoms with E-state index in [1.54, 1.807) is 0 Å². The Morgan fingerprint density at radius 3 is 2.48 bits per heavy atom. The highest BCUT2D eigenvalue weighted by atomic mass is 32.2. The topological polar surface area (TPSA) is 132 Å². The molecule has 118 valence electrons. The normalized spacial score (nSPS) is 24.0. The van der Waals surface area contributed by atoms with Crippen molar-refractivity contribution >= 4 is 21.7 Å². The summed E-state index contributed by atoms with van der Waals surface area (Å²) in [6, 6.07) is 0.125. The summed E-state index contributed by atoms with van der Waals surface area (Å²) in [5, 5.41) is 3.04. The second-order valence-corrected chi connectivity index (χ2v) is 7.79. The molecule has 2 rings (SSSR count). The first-order valence-corrected chi connectivity index (χ1v) is 8.41. The predicted octanol–water partition coefficient (Wildman–Crippen LogP) is -0.0665. The van der Waals surface area contributed by atoms with Crippen LogP contribution in [-0.4, -0.2) is 46.5 Å². The van der Waals surface area contributed by atoms with E-state index in [1.165, 1.54) is 0 Å². The van der Waals surface area contributed by atoms with Crippen molar-refractivity contribution in [1.82, 2.24) is 15.0 Å². The molecule has 1 aliphatic heterocycles. The quantitative estimate of drug-likeness (QED) is 0.504. The van der Waals surface area contributed by atoms with Gasteiger partial charge in [-0.05, 0) is 27.2 Å². The molecule has 21 heavy (non-hydrogen) atoms. The summed E-state index contributed by atoms with van der Waals surface area (Å²) in [6.07, 6.45) is 0.389. The van der Waals surface area contributed by atoms with Gasteiger partial charge in [-0.3, -0.25) is 5.43 Å². The Hall–Kier alpha value is -1.68. The van der Waals surface area contributed by atoms with Crippen molar-refractivity contribution in [3.63, 3.8) is 0 Å². The lowest BCUT2D eigenvalue weighted by molar-refractivity contribution is 0.222. The van der Waals surface area contributed by atoms with E-state index in [4.69, 9.17) is 10.6 Å². The third-order valence-corrected chi connectivity index (χ3v) is 4.91. The van der Waals surface area contributed by atoms with Crippen molar-refractivity contribution in [1.29, 1.82) is 0 Å². The average Bonchev–Trinajstić information content (AvgIpc) is 2.61. The van der Waals surface area contributed by atoms with Crippen molar-refractivity contribution in [2.45, 2.75) is 38.8 Å². The largest absolute Gasteiger partial charge is 0.461 e. The second kappa shape index (κ2) is 5.60. The number of hydrogen-bond donors (Lipinski definition) is 3. The number of ether oxygens (including phenoxy) is 1. The first-order chi connectivity index (χ1) is 9.71. The van der Waals surface area contributed by atoms with Crippen molar-refractivity contribution in [2.24, 2.45) is 5.84 Å². The van der Waals surface area contributed by atoms with E-state index in [0.717, 1.165) is 0 Å². The van der Waals surface area contributed by atoms with Gasteiger partial charge in [0.1, 0.15) is 0 Å². The fourth-order valence-corrected chi connectivity index (χ4v) is 4.21. The number of aromatic nitrogens is 3. The number of nitrogen functional groups attached to an aromatic ring is 1. The molecule has 4 N–H and O–H groups in total. The molecule has 1 aliphatic rings. The van der Waals surface area contributed by atoms with Gasteiger partial charge in [-0.25, -0.2) is 14.3 Å². The molecule has 0 spiro atoms. The van der Waals surface area contributed by atoms with Crippen molar-refractivity contribution in [3.8, 4) is 6.01 Å². The van der Waals surface area contributed by atoms with Crippen LogP contribution in [0.3, 0.4) is 0 Å². The lowest BCUT2D eigenvalue weighted by Gasteiger charge is -2.24. The zero-order chi connectivity index (χ0) is 15.7. The number of rotatable bonds is 5. The Kier molecular flexibility index (Phi) is 4.19. The van der Waals surface area contributed by atoms with Gasteiger partial charge in [-0.15, -0.1) is 0 Å². The zero-order valence-corrected chi connectivity index (χ0v) is 13.1. The Morgan fingerprint density at radius 1 is 1.29 bits per heavy atom. The number of nitrogens with zero attached hydrogens (tertiary/aromatic N) is 3. The van der Waals surface area contributed by atoms with Crippen LogP contribution in [0.4, 0.5) is 11.9 Å². The number of anilines is 2. The standard InChI is InChI=1S/C11H20N6O3S/c1-7(2)20-10-14-8(13-9(15-10)17-12)16-11(3)4-5-21(18,19)6-11/h7H,4-6,12H2,1-3H3,(H2,13,14,15,16,17). The van der Waals surface area contributed by atoms with E-state index < -0.39 is 15.4 Å².